The van der Waals surface area contributed by atoms with Gasteiger partial charge in [0.2, 0.25) is 0 Å². The molecule has 1 amide bonds. The second-order valence-corrected chi connectivity index (χ2v) is 6.06. The first-order chi connectivity index (χ1) is 12.4. The third-order valence-electron chi connectivity index (χ3n) is 3.31. The summed E-state index contributed by atoms with van der Waals surface area (Å²) in [7, 11) is 0. The summed E-state index contributed by atoms with van der Waals surface area (Å²) in [5.41, 5.74) is -0.318. The Morgan fingerprint density at radius 3 is 2.65 bits per heavy atom. The smallest absolute Gasteiger partial charge is 0.298 e. The van der Waals surface area contributed by atoms with Gasteiger partial charge in [-0.25, -0.2) is 4.98 Å². The molecular formula is C17H9F3N4OS. The van der Waals surface area contributed by atoms with Crippen molar-refractivity contribution in [2.75, 3.05) is 5.32 Å². The molecule has 0 saturated carbocycles. The van der Waals surface area contributed by atoms with Crippen LogP contribution in [0, 0.1) is 11.3 Å². The Labute approximate surface area is 149 Å². The number of thiazole rings is 1. The van der Waals surface area contributed by atoms with Crippen LogP contribution in [-0.4, -0.2) is 15.9 Å². The molecule has 3 rings (SSSR count). The summed E-state index contributed by atoms with van der Waals surface area (Å²) < 4.78 is 38.3. The van der Waals surface area contributed by atoms with Crippen molar-refractivity contribution >= 4 is 22.4 Å². The average Bonchev–Trinajstić information content (AvgIpc) is 3.04. The number of hydrogen-bond acceptors (Lipinski definition) is 5. The molecule has 0 aliphatic heterocycles. The molecule has 0 aliphatic rings. The van der Waals surface area contributed by atoms with Gasteiger partial charge in [-0.3, -0.25) is 15.1 Å². The van der Waals surface area contributed by atoms with Crippen molar-refractivity contribution in [3.05, 3.63) is 64.7 Å². The van der Waals surface area contributed by atoms with Gasteiger partial charge in [-0.15, -0.1) is 0 Å². The molecule has 2 heterocycles. The van der Waals surface area contributed by atoms with Gasteiger partial charge in [0, 0.05) is 11.8 Å². The SMILES string of the molecule is N#Cc1sc(NC(=O)c2cccc(C(F)(F)F)c2)nc1-c1ccccn1. The Kier molecular flexibility index (Phi) is 4.69. The average molecular weight is 374 g/mol. The van der Waals surface area contributed by atoms with Crippen molar-refractivity contribution in [1.29, 1.82) is 5.26 Å². The number of amides is 1. The van der Waals surface area contributed by atoms with E-state index in [1.165, 1.54) is 12.3 Å². The zero-order chi connectivity index (χ0) is 18.7. The van der Waals surface area contributed by atoms with E-state index in [0.29, 0.717) is 11.4 Å². The lowest BCUT2D eigenvalue weighted by molar-refractivity contribution is -0.137. The molecule has 1 N–H and O–H groups in total. The fraction of sp³-hybridized carbons (Fsp3) is 0.0588. The number of nitriles is 1. The molecule has 9 heteroatoms. The quantitative estimate of drug-likeness (QED) is 0.739. The van der Waals surface area contributed by atoms with E-state index in [2.05, 4.69) is 15.3 Å². The van der Waals surface area contributed by atoms with Crippen LogP contribution in [0.15, 0.2) is 48.7 Å². The van der Waals surface area contributed by atoms with Gasteiger partial charge in [-0.2, -0.15) is 18.4 Å². The molecule has 0 atom stereocenters. The number of hydrogen-bond donors (Lipinski definition) is 1. The fourth-order valence-corrected chi connectivity index (χ4v) is 2.90. The Hall–Kier alpha value is -3.25. The topological polar surface area (TPSA) is 78.7 Å². The Balaban J connectivity index is 1.87. The van der Waals surface area contributed by atoms with Gasteiger partial charge in [0.1, 0.15) is 16.6 Å². The predicted octanol–water partition coefficient (Wildman–Crippen LogP) is 4.35. The molecule has 2 aromatic heterocycles. The number of benzene rings is 1. The van der Waals surface area contributed by atoms with Crippen LogP contribution < -0.4 is 5.32 Å². The van der Waals surface area contributed by atoms with Crippen LogP contribution in [-0.2, 0) is 6.18 Å². The zero-order valence-corrected chi connectivity index (χ0v) is 13.7. The number of pyridine rings is 1. The van der Waals surface area contributed by atoms with Crippen LogP contribution in [0.4, 0.5) is 18.3 Å². The van der Waals surface area contributed by atoms with Crippen molar-refractivity contribution in [1.82, 2.24) is 9.97 Å². The van der Waals surface area contributed by atoms with Crippen molar-refractivity contribution in [3.8, 4) is 17.5 Å². The van der Waals surface area contributed by atoms with Crippen LogP contribution in [0.3, 0.4) is 0 Å². The van der Waals surface area contributed by atoms with E-state index in [-0.39, 0.29) is 15.6 Å². The summed E-state index contributed by atoms with van der Waals surface area (Å²) in [6.45, 7) is 0. The molecule has 0 bridgehead atoms. The lowest BCUT2D eigenvalue weighted by Gasteiger charge is -2.08. The summed E-state index contributed by atoms with van der Waals surface area (Å²) in [5, 5.41) is 11.8. The number of halogens is 3. The number of rotatable bonds is 3. The van der Waals surface area contributed by atoms with Gasteiger partial charge in [-0.1, -0.05) is 23.5 Å². The summed E-state index contributed by atoms with van der Waals surface area (Å²) in [6.07, 6.45) is -3.01. The fourth-order valence-electron chi connectivity index (χ4n) is 2.13. The van der Waals surface area contributed by atoms with E-state index < -0.39 is 17.6 Å². The molecule has 0 fully saturated rings. The van der Waals surface area contributed by atoms with E-state index >= 15 is 0 Å². The minimum absolute atomic E-state index is 0.101. The highest BCUT2D eigenvalue weighted by Crippen LogP contribution is 2.31. The minimum Gasteiger partial charge on any atom is -0.298 e. The lowest BCUT2D eigenvalue weighted by Crippen LogP contribution is -2.13. The monoisotopic (exact) mass is 374 g/mol. The van der Waals surface area contributed by atoms with E-state index in [0.717, 1.165) is 29.5 Å². The van der Waals surface area contributed by atoms with Crippen molar-refractivity contribution in [2.45, 2.75) is 6.18 Å². The number of nitrogens with one attached hydrogen (secondary N) is 1. The molecule has 3 aromatic rings. The van der Waals surface area contributed by atoms with Gasteiger partial charge in [0.25, 0.3) is 5.91 Å². The maximum absolute atomic E-state index is 12.8. The Bertz CT molecular complexity index is 993. The van der Waals surface area contributed by atoms with Gasteiger partial charge in [-0.05, 0) is 30.3 Å². The van der Waals surface area contributed by atoms with Crippen LogP contribution in [0.1, 0.15) is 20.8 Å². The van der Waals surface area contributed by atoms with Crippen molar-refractivity contribution < 1.29 is 18.0 Å². The molecule has 0 unspecified atom stereocenters. The third-order valence-corrected chi connectivity index (χ3v) is 4.18. The Morgan fingerprint density at radius 1 is 1.19 bits per heavy atom. The molecule has 130 valence electrons. The van der Waals surface area contributed by atoms with Gasteiger partial charge in [0.15, 0.2) is 5.13 Å². The summed E-state index contributed by atoms with van der Waals surface area (Å²) in [4.78, 5) is 20.7. The molecule has 0 saturated heterocycles. The predicted molar refractivity (Wildman–Crippen MR) is 89.5 cm³/mol. The van der Waals surface area contributed by atoms with Gasteiger partial charge < -0.3 is 0 Å². The number of anilines is 1. The van der Waals surface area contributed by atoms with E-state index in [1.54, 1.807) is 18.2 Å². The van der Waals surface area contributed by atoms with E-state index in [1.807, 2.05) is 6.07 Å². The highest BCUT2D eigenvalue weighted by molar-refractivity contribution is 7.16. The first kappa shape index (κ1) is 17.6. The second kappa shape index (κ2) is 6.93. The molecular weight excluding hydrogens is 365 g/mol. The number of nitrogens with zero attached hydrogens (tertiary/aromatic N) is 3. The number of carbonyl (C=O) groups excluding carboxylic acids is 1. The summed E-state index contributed by atoms with van der Waals surface area (Å²) >= 11 is 0.921. The van der Waals surface area contributed by atoms with Crippen LogP contribution in [0.25, 0.3) is 11.4 Å². The largest absolute Gasteiger partial charge is 0.416 e. The molecule has 5 nitrogen and oxygen atoms in total. The molecule has 0 spiro atoms. The number of carbonyl (C=O) groups is 1. The minimum atomic E-state index is -4.54. The van der Waals surface area contributed by atoms with E-state index in [4.69, 9.17) is 0 Å². The van der Waals surface area contributed by atoms with Crippen molar-refractivity contribution in [2.24, 2.45) is 0 Å². The van der Waals surface area contributed by atoms with E-state index in [9.17, 15) is 23.2 Å². The molecule has 0 aliphatic carbocycles. The molecule has 1 aromatic carbocycles. The molecule has 0 radical (unpaired) electrons. The van der Waals surface area contributed by atoms with Gasteiger partial charge >= 0.3 is 6.18 Å². The number of alkyl halides is 3. The van der Waals surface area contributed by atoms with Crippen LogP contribution in [0.5, 0.6) is 0 Å². The number of aromatic nitrogens is 2. The van der Waals surface area contributed by atoms with Gasteiger partial charge in [0.05, 0.1) is 11.3 Å². The zero-order valence-electron chi connectivity index (χ0n) is 12.9. The van der Waals surface area contributed by atoms with Crippen molar-refractivity contribution in [3.63, 3.8) is 0 Å². The normalized spacial score (nSPS) is 11.0. The second-order valence-electron chi connectivity index (χ2n) is 5.06. The maximum Gasteiger partial charge on any atom is 0.416 e. The highest BCUT2D eigenvalue weighted by Gasteiger charge is 2.31. The third kappa shape index (κ3) is 3.70. The molecule has 26 heavy (non-hydrogen) atoms. The van der Waals surface area contributed by atoms with Crippen LogP contribution >= 0.6 is 11.3 Å². The highest BCUT2D eigenvalue weighted by atomic mass is 32.1. The first-order valence-electron chi connectivity index (χ1n) is 7.19. The summed E-state index contributed by atoms with van der Waals surface area (Å²) in [5.74, 6) is -0.748. The standard InChI is InChI=1S/C17H9F3N4OS/c18-17(19,20)11-5-3-4-10(8-11)15(25)24-16-23-14(13(9-21)26-16)12-6-1-2-7-22-12/h1-8H,(H,23,24,25). The summed E-state index contributed by atoms with van der Waals surface area (Å²) in [6, 6.07) is 11.1. The lowest BCUT2D eigenvalue weighted by atomic mass is 10.1. The van der Waals surface area contributed by atoms with Crippen LogP contribution in [0.2, 0.25) is 0 Å². The maximum atomic E-state index is 12.8. The first-order valence-corrected chi connectivity index (χ1v) is 8.01. The Morgan fingerprint density at radius 2 is 2.00 bits per heavy atom.